The molecular weight excluding hydrogens is 534 g/mol. The number of para-hydroxylation sites is 2. The second-order valence-corrected chi connectivity index (χ2v) is 11.9. The van der Waals surface area contributed by atoms with Gasteiger partial charge in [-0.1, -0.05) is 97.1 Å². The van der Waals surface area contributed by atoms with E-state index in [2.05, 4.69) is 149 Å². The third-order valence-electron chi connectivity index (χ3n) is 9.30. The molecule has 9 rings (SSSR count). The average Bonchev–Trinajstić information content (AvgIpc) is 3.60. The van der Waals surface area contributed by atoms with Gasteiger partial charge in [-0.25, -0.2) is 4.98 Å². The van der Waals surface area contributed by atoms with Gasteiger partial charge >= 0.3 is 0 Å². The molecule has 3 nitrogen and oxygen atoms in total. The second kappa shape index (κ2) is 10.1. The fourth-order valence-corrected chi connectivity index (χ4v) is 7.30. The summed E-state index contributed by atoms with van der Waals surface area (Å²) in [6, 6.07) is 50.2. The molecule has 0 atom stereocenters. The number of hydrogen-bond acceptors (Lipinski definition) is 1. The van der Waals surface area contributed by atoms with Crippen molar-refractivity contribution in [1.82, 2.24) is 14.1 Å². The van der Waals surface area contributed by atoms with Crippen molar-refractivity contribution in [3.05, 3.63) is 151 Å². The number of benzene rings is 5. The molecule has 0 amide bonds. The molecule has 0 spiro atoms. The molecular formula is C41H31N3. The number of pyridine rings is 1. The highest BCUT2D eigenvalue weighted by atomic mass is 15.1. The minimum atomic E-state index is 0.986. The first-order valence-electron chi connectivity index (χ1n) is 15.6. The van der Waals surface area contributed by atoms with Crippen molar-refractivity contribution in [3.63, 3.8) is 0 Å². The van der Waals surface area contributed by atoms with E-state index in [1.807, 2.05) is 0 Å². The largest absolute Gasteiger partial charge is 0.309 e. The lowest BCUT2D eigenvalue weighted by atomic mass is 9.95. The predicted molar refractivity (Wildman–Crippen MR) is 183 cm³/mol. The monoisotopic (exact) mass is 565 g/mol. The Morgan fingerprint density at radius 1 is 0.455 bits per heavy atom. The van der Waals surface area contributed by atoms with Gasteiger partial charge in [-0.3, -0.25) is 4.57 Å². The fourth-order valence-electron chi connectivity index (χ4n) is 7.30. The van der Waals surface area contributed by atoms with Crippen LogP contribution in [0.3, 0.4) is 0 Å². The summed E-state index contributed by atoms with van der Waals surface area (Å²) in [4.78, 5) is 5.39. The molecule has 44 heavy (non-hydrogen) atoms. The van der Waals surface area contributed by atoms with Crippen LogP contribution in [0.25, 0.3) is 66.6 Å². The van der Waals surface area contributed by atoms with Crippen LogP contribution in [0, 0.1) is 0 Å². The molecule has 1 aliphatic carbocycles. The molecule has 0 aliphatic heterocycles. The lowest BCUT2D eigenvalue weighted by Gasteiger charge is -2.17. The minimum absolute atomic E-state index is 0.986. The molecule has 3 heteroatoms. The number of hydrogen-bond donors (Lipinski definition) is 0. The first kappa shape index (κ1) is 25.1. The summed E-state index contributed by atoms with van der Waals surface area (Å²) in [6.07, 6.45) is 4.59. The summed E-state index contributed by atoms with van der Waals surface area (Å²) in [7, 11) is 0. The van der Waals surface area contributed by atoms with Crippen LogP contribution >= 0.6 is 0 Å². The SMILES string of the molecule is c1ccc(-c2cc(-c3ccccc3)nc(-n3c4c(c5cc6c7ccccc7n(-c7ccccc7)c6cc53)CCCC4)c2)cc1. The molecule has 0 saturated carbocycles. The first-order valence-corrected chi connectivity index (χ1v) is 15.6. The van der Waals surface area contributed by atoms with Gasteiger partial charge < -0.3 is 4.57 Å². The zero-order valence-electron chi connectivity index (χ0n) is 24.4. The zero-order valence-corrected chi connectivity index (χ0v) is 24.4. The van der Waals surface area contributed by atoms with Crippen LogP contribution in [0.2, 0.25) is 0 Å². The van der Waals surface area contributed by atoms with E-state index in [9.17, 15) is 0 Å². The molecule has 0 bridgehead atoms. The molecule has 0 N–H and O–H groups in total. The van der Waals surface area contributed by atoms with Crippen LogP contribution in [-0.4, -0.2) is 14.1 Å². The molecule has 210 valence electrons. The van der Waals surface area contributed by atoms with E-state index in [1.54, 1.807) is 0 Å². The highest BCUT2D eigenvalue weighted by Crippen LogP contribution is 2.41. The molecule has 0 saturated heterocycles. The molecule has 3 aromatic heterocycles. The molecule has 3 heterocycles. The van der Waals surface area contributed by atoms with E-state index in [0.29, 0.717) is 0 Å². The van der Waals surface area contributed by atoms with E-state index < -0.39 is 0 Å². The van der Waals surface area contributed by atoms with Crippen molar-refractivity contribution in [2.45, 2.75) is 25.7 Å². The number of fused-ring (bicyclic) bond motifs is 6. The predicted octanol–water partition coefficient (Wildman–Crippen LogP) is 10.3. The Bertz CT molecular complexity index is 2250. The molecule has 8 aromatic rings. The Hall–Kier alpha value is -5.41. The molecule has 0 radical (unpaired) electrons. The van der Waals surface area contributed by atoms with Crippen molar-refractivity contribution in [2.75, 3.05) is 0 Å². The van der Waals surface area contributed by atoms with Crippen molar-refractivity contribution < 1.29 is 0 Å². The summed E-state index contributed by atoms with van der Waals surface area (Å²) in [5.74, 6) is 0.986. The summed E-state index contributed by atoms with van der Waals surface area (Å²) >= 11 is 0. The van der Waals surface area contributed by atoms with Crippen LogP contribution in [0.5, 0.6) is 0 Å². The highest BCUT2D eigenvalue weighted by Gasteiger charge is 2.24. The normalized spacial score (nSPS) is 13.1. The third kappa shape index (κ3) is 3.93. The number of aromatic nitrogens is 3. The minimum Gasteiger partial charge on any atom is -0.309 e. The number of rotatable bonds is 4. The quantitative estimate of drug-likeness (QED) is 0.208. The van der Waals surface area contributed by atoms with Crippen molar-refractivity contribution in [1.29, 1.82) is 0 Å². The van der Waals surface area contributed by atoms with Crippen molar-refractivity contribution in [2.24, 2.45) is 0 Å². The Kier molecular flexibility index (Phi) is 5.77. The summed E-state index contributed by atoms with van der Waals surface area (Å²) < 4.78 is 4.90. The summed E-state index contributed by atoms with van der Waals surface area (Å²) in [5, 5.41) is 3.95. The van der Waals surface area contributed by atoms with Gasteiger partial charge in [-0.15, -0.1) is 0 Å². The van der Waals surface area contributed by atoms with Gasteiger partial charge in [0, 0.05) is 33.1 Å². The summed E-state index contributed by atoms with van der Waals surface area (Å²) in [5.41, 5.74) is 12.3. The lowest BCUT2D eigenvalue weighted by molar-refractivity contribution is 0.665. The Morgan fingerprint density at radius 3 is 1.91 bits per heavy atom. The van der Waals surface area contributed by atoms with Gasteiger partial charge in [0.15, 0.2) is 0 Å². The van der Waals surface area contributed by atoms with Crippen molar-refractivity contribution >= 4 is 32.7 Å². The van der Waals surface area contributed by atoms with Gasteiger partial charge in [-0.2, -0.15) is 0 Å². The van der Waals surface area contributed by atoms with Crippen LogP contribution < -0.4 is 0 Å². The second-order valence-electron chi connectivity index (χ2n) is 11.9. The molecule has 0 fully saturated rings. The van der Waals surface area contributed by atoms with Gasteiger partial charge in [0.1, 0.15) is 5.82 Å². The van der Waals surface area contributed by atoms with Crippen LogP contribution in [0.1, 0.15) is 24.1 Å². The standard InChI is InChI=1S/C41H31N3/c1-4-14-28(15-5-1)30-24-36(29-16-6-2-7-17-29)42-41(25-30)44-38-23-13-11-21-33(38)35-26-34-32-20-10-12-22-37(32)43(39(34)27-40(35)44)31-18-8-3-9-19-31/h1-10,12,14-20,22,24-27H,11,13,21,23H2. The third-order valence-corrected chi connectivity index (χ3v) is 9.30. The van der Waals surface area contributed by atoms with E-state index in [0.717, 1.165) is 29.9 Å². The Balaban J connectivity index is 1.39. The highest BCUT2D eigenvalue weighted by molar-refractivity contribution is 6.14. The van der Waals surface area contributed by atoms with Gasteiger partial charge in [0.25, 0.3) is 0 Å². The lowest BCUT2D eigenvalue weighted by Crippen LogP contribution is -2.08. The van der Waals surface area contributed by atoms with E-state index in [4.69, 9.17) is 4.98 Å². The first-order chi connectivity index (χ1) is 21.8. The zero-order chi connectivity index (χ0) is 29.0. The number of nitrogens with zero attached hydrogens (tertiary/aromatic N) is 3. The Labute approximate surface area is 256 Å². The molecule has 1 aliphatic rings. The summed E-state index contributed by atoms with van der Waals surface area (Å²) in [6.45, 7) is 0. The van der Waals surface area contributed by atoms with Crippen LogP contribution in [0.4, 0.5) is 0 Å². The van der Waals surface area contributed by atoms with Gasteiger partial charge in [0.2, 0.25) is 0 Å². The van der Waals surface area contributed by atoms with Crippen LogP contribution in [-0.2, 0) is 12.8 Å². The Morgan fingerprint density at radius 2 is 1.11 bits per heavy atom. The van der Waals surface area contributed by atoms with Crippen molar-refractivity contribution in [3.8, 4) is 33.9 Å². The fraction of sp³-hybridized carbons (Fsp3) is 0.0976. The topological polar surface area (TPSA) is 22.8 Å². The van der Waals surface area contributed by atoms with E-state index in [-0.39, 0.29) is 0 Å². The van der Waals surface area contributed by atoms with E-state index >= 15 is 0 Å². The number of aryl methyl sites for hydroxylation is 1. The maximum atomic E-state index is 5.39. The maximum absolute atomic E-state index is 5.39. The molecule has 5 aromatic carbocycles. The maximum Gasteiger partial charge on any atom is 0.138 e. The van der Waals surface area contributed by atoms with Gasteiger partial charge in [0.05, 0.1) is 22.2 Å². The van der Waals surface area contributed by atoms with Gasteiger partial charge in [-0.05, 0) is 84.8 Å². The van der Waals surface area contributed by atoms with Crippen LogP contribution in [0.15, 0.2) is 140 Å². The molecule has 0 unspecified atom stereocenters. The van der Waals surface area contributed by atoms with E-state index in [1.165, 1.54) is 73.6 Å². The smallest absolute Gasteiger partial charge is 0.138 e. The average molecular weight is 566 g/mol.